The molecule has 0 aliphatic carbocycles. The fraction of sp³-hybridized carbons (Fsp3) is 0.105. The van der Waals surface area contributed by atoms with Gasteiger partial charge in [-0.15, -0.1) is 0 Å². The lowest BCUT2D eigenvalue weighted by atomic mass is 10.1. The van der Waals surface area contributed by atoms with Gasteiger partial charge in [0.2, 0.25) is 5.91 Å². The highest BCUT2D eigenvalue weighted by Gasteiger charge is 2.08. The number of hydrogen-bond acceptors (Lipinski definition) is 3. The minimum atomic E-state index is -0.299. The van der Waals surface area contributed by atoms with E-state index < -0.39 is 0 Å². The van der Waals surface area contributed by atoms with Crippen molar-refractivity contribution in [3.63, 3.8) is 0 Å². The summed E-state index contributed by atoms with van der Waals surface area (Å²) < 4.78 is 0. The molecule has 2 heterocycles. The summed E-state index contributed by atoms with van der Waals surface area (Å²) in [6, 6.07) is 9.23. The summed E-state index contributed by atoms with van der Waals surface area (Å²) in [5, 5.41) is 11.2. The van der Waals surface area contributed by atoms with E-state index in [9.17, 15) is 4.79 Å². The fourth-order valence-electron chi connectivity index (χ4n) is 2.59. The third-order valence-electron chi connectivity index (χ3n) is 3.94. The van der Waals surface area contributed by atoms with Gasteiger partial charge in [0.05, 0.1) is 0 Å². The van der Waals surface area contributed by atoms with E-state index >= 15 is 0 Å². The molecular weight excluding hydrogens is 382 g/mol. The first-order valence-corrected chi connectivity index (χ1v) is 9.00. The van der Waals surface area contributed by atoms with E-state index in [2.05, 4.69) is 32.5 Å². The average molecular weight is 400 g/mol. The maximum atomic E-state index is 11.6. The number of thiocarbonyl (C=S) groups is 1. The Balaban J connectivity index is 1.60. The van der Waals surface area contributed by atoms with Crippen LogP contribution >= 0.6 is 23.8 Å². The van der Waals surface area contributed by atoms with Gasteiger partial charge in [-0.2, -0.15) is 0 Å². The lowest BCUT2D eigenvalue weighted by molar-refractivity contribution is -0.111. The van der Waals surface area contributed by atoms with Crippen molar-refractivity contribution in [2.24, 2.45) is 0 Å². The number of carbonyl (C=O) groups is 1. The van der Waals surface area contributed by atoms with Gasteiger partial charge in [0.15, 0.2) is 5.11 Å². The van der Waals surface area contributed by atoms with Gasteiger partial charge in [-0.3, -0.25) is 4.79 Å². The van der Waals surface area contributed by atoms with Gasteiger partial charge in [0, 0.05) is 41.6 Å². The SMILES string of the molecule is C=CC(=O)Nc1cc(Cl)ccc1CNC(=S)NCc1ccnc2[nH]ccc12. The van der Waals surface area contributed by atoms with Crippen molar-refractivity contribution < 1.29 is 4.79 Å². The number of amides is 1. The number of fused-ring (bicyclic) bond motifs is 1. The lowest BCUT2D eigenvalue weighted by Gasteiger charge is -2.14. The highest BCUT2D eigenvalue weighted by atomic mass is 35.5. The lowest BCUT2D eigenvalue weighted by Crippen LogP contribution is -2.34. The topological polar surface area (TPSA) is 81.8 Å². The normalized spacial score (nSPS) is 10.4. The Labute approximate surface area is 167 Å². The maximum absolute atomic E-state index is 11.6. The molecular formula is C19H18ClN5OS. The summed E-state index contributed by atoms with van der Waals surface area (Å²) in [5.41, 5.74) is 3.41. The molecule has 1 amide bonds. The number of rotatable bonds is 6. The number of pyridine rings is 1. The number of aromatic amines is 1. The Kier molecular flexibility index (Phi) is 6.05. The average Bonchev–Trinajstić information content (AvgIpc) is 3.15. The molecule has 8 heteroatoms. The van der Waals surface area contributed by atoms with Crippen molar-refractivity contribution in [2.45, 2.75) is 13.1 Å². The molecule has 0 bridgehead atoms. The van der Waals surface area contributed by atoms with Crippen LogP contribution in [0, 0.1) is 0 Å². The van der Waals surface area contributed by atoms with Crippen molar-refractivity contribution in [3.8, 4) is 0 Å². The summed E-state index contributed by atoms with van der Waals surface area (Å²) in [6.45, 7) is 4.46. The van der Waals surface area contributed by atoms with Gasteiger partial charge in [-0.1, -0.05) is 24.2 Å². The number of halogens is 1. The number of nitrogens with one attached hydrogen (secondary N) is 4. The van der Waals surface area contributed by atoms with Crippen molar-refractivity contribution in [3.05, 3.63) is 71.5 Å². The Morgan fingerprint density at radius 1 is 1.22 bits per heavy atom. The number of H-pyrrole nitrogens is 1. The summed E-state index contributed by atoms with van der Waals surface area (Å²) in [4.78, 5) is 18.9. The van der Waals surface area contributed by atoms with E-state index in [1.54, 1.807) is 18.3 Å². The van der Waals surface area contributed by atoms with Crippen LogP contribution in [0.2, 0.25) is 5.02 Å². The van der Waals surface area contributed by atoms with Crippen LogP contribution in [0.4, 0.5) is 5.69 Å². The van der Waals surface area contributed by atoms with Crippen molar-refractivity contribution in [2.75, 3.05) is 5.32 Å². The van der Waals surface area contributed by atoms with E-state index in [-0.39, 0.29) is 5.91 Å². The number of nitrogens with zero attached hydrogens (tertiary/aromatic N) is 1. The third-order valence-corrected chi connectivity index (χ3v) is 4.47. The molecule has 0 atom stereocenters. The van der Waals surface area contributed by atoms with E-state index in [0.29, 0.717) is 28.9 Å². The third kappa shape index (κ3) is 4.84. The molecule has 0 spiro atoms. The van der Waals surface area contributed by atoms with Crippen LogP contribution in [-0.4, -0.2) is 21.0 Å². The maximum Gasteiger partial charge on any atom is 0.247 e. The van der Waals surface area contributed by atoms with Crippen molar-refractivity contribution in [1.82, 2.24) is 20.6 Å². The van der Waals surface area contributed by atoms with Gasteiger partial charge in [0.1, 0.15) is 5.65 Å². The fourth-order valence-corrected chi connectivity index (χ4v) is 2.91. The van der Waals surface area contributed by atoms with Crippen LogP contribution in [0.15, 0.2) is 55.4 Å². The van der Waals surface area contributed by atoms with Gasteiger partial charge < -0.3 is 20.9 Å². The first-order valence-electron chi connectivity index (χ1n) is 8.21. The number of aromatic nitrogens is 2. The van der Waals surface area contributed by atoms with Gasteiger partial charge in [0.25, 0.3) is 0 Å². The molecule has 1 aromatic carbocycles. The molecule has 3 rings (SSSR count). The Morgan fingerprint density at radius 2 is 2.00 bits per heavy atom. The molecule has 0 aliphatic rings. The minimum absolute atomic E-state index is 0.299. The number of anilines is 1. The van der Waals surface area contributed by atoms with Crippen LogP contribution in [0.5, 0.6) is 0 Å². The van der Waals surface area contributed by atoms with Gasteiger partial charge >= 0.3 is 0 Å². The second-order valence-corrected chi connectivity index (χ2v) is 6.59. The molecule has 3 aromatic rings. The zero-order chi connectivity index (χ0) is 19.2. The molecule has 0 saturated heterocycles. The van der Waals surface area contributed by atoms with Crippen molar-refractivity contribution in [1.29, 1.82) is 0 Å². The molecule has 0 aliphatic heterocycles. The molecule has 0 fully saturated rings. The molecule has 0 unspecified atom stereocenters. The molecule has 0 radical (unpaired) electrons. The second-order valence-electron chi connectivity index (χ2n) is 5.74. The van der Waals surface area contributed by atoms with Crippen LogP contribution in [0.3, 0.4) is 0 Å². The molecule has 2 aromatic heterocycles. The molecule has 6 nitrogen and oxygen atoms in total. The van der Waals surface area contributed by atoms with E-state index in [4.69, 9.17) is 23.8 Å². The Morgan fingerprint density at radius 3 is 2.78 bits per heavy atom. The largest absolute Gasteiger partial charge is 0.359 e. The summed E-state index contributed by atoms with van der Waals surface area (Å²) in [6.07, 6.45) is 4.83. The van der Waals surface area contributed by atoms with Crippen LogP contribution in [0.1, 0.15) is 11.1 Å². The quantitative estimate of drug-likeness (QED) is 0.376. The Hall–Kier alpha value is -2.90. The minimum Gasteiger partial charge on any atom is -0.359 e. The summed E-state index contributed by atoms with van der Waals surface area (Å²) in [7, 11) is 0. The summed E-state index contributed by atoms with van der Waals surface area (Å²) in [5.74, 6) is -0.299. The van der Waals surface area contributed by atoms with E-state index in [1.807, 2.05) is 24.4 Å². The highest BCUT2D eigenvalue weighted by molar-refractivity contribution is 7.80. The first-order chi connectivity index (χ1) is 13.1. The van der Waals surface area contributed by atoms with Crippen LogP contribution < -0.4 is 16.0 Å². The molecule has 0 saturated carbocycles. The number of hydrogen-bond donors (Lipinski definition) is 4. The Bertz CT molecular complexity index is 1000. The van der Waals surface area contributed by atoms with Crippen LogP contribution in [-0.2, 0) is 17.9 Å². The molecule has 138 valence electrons. The molecule has 27 heavy (non-hydrogen) atoms. The second kappa shape index (κ2) is 8.66. The monoisotopic (exact) mass is 399 g/mol. The number of benzene rings is 1. The van der Waals surface area contributed by atoms with Gasteiger partial charge in [-0.05, 0) is 53.7 Å². The van der Waals surface area contributed by atoms with Crippen LogP contribution in [0.25, 0.3) is 11.0 Å². The van der Waals surface area contributed by atoms with E-state index in [1.165, 1.54) is 6.08 Å². The standard InChI is InChI=1S/C19H18ClN5OS/c1-2-17(26)25-16-9-14(20)4-3-13(16)11-24-19(27)23-10-12-5-7-21-18-15(12)6-8-22-18/h2-9H,1,10-11H2,(H,21,22)(H,25,26)(H2,23,24,27). The zero-order valence-electron chi connectivity index (χ0n) is 14.4. The van der Waals surface area contributed by atoms with Gasteiger partial charge in [-0.25, -0.2) is 4.98 Å². The predicted octanol–water partition coefficient (Wildman–Crippen LogP) is 3.51. The summed E-state index contributed by atoms with van der Waals surface area (Å²) >= 11 is 11.4. The number of carbonyl (C=O) groups excluding carboxylic acids is 1. The van der Waals surface area contributed by atoms with Crippen molar-refractivity contribution >= 4 is 51.6 Å². The van der Waals surface area contributed by atoms with E-state index in [0.717, 1.165) is 22.2 Å². The smallest absolute Gasteiger partial charge is 0.247 e. The highest BCUT2D eigenvalue weighted by Crippen LogP contribution is 2.21. The molecule has 4 N–H and O–H groups in total. The predicted molar refractivity (Wildman–Crippen MR) is 113 cm³/mol. The zero-order valence-corrected chi connectivity index (χ0v) is 16.0. The first kappa shape index (κ1) is 18.9.